The summed E-state index contributed by atoms with van der Waals surface area (Å²) in [5.41, 5.74) is 0.271. The number of rotatable bonds is 4. The Hall–Kier alpha value is -3.08. The Kier molecular flexibility index (Phi) is 4.08. The van der Waals surface area contributed by atoms with E-state index in [4.69, 9.17) is 4.42 Å². The summed E-state index contributed by atoms with van der Waals surface area (Å²) in [5, 5.41) is 0.865. The van der Waals surface area contributed by atoms with Crippen molar-refractivity contribution in [3.05, 3.63) is 64.6 Å². The fraction of sp³-hybridized carbons (Fsp3) is 0.158. The van der Waals surface area contributed by atoms with Crippen LogP contribution in [-0.2, 0) is 9.59 Å². The summed E-state index contributed by atoms with van der Waals surface area (Å²) in [6, 6.07) is 11.9. The predicted molar refractivity (Wildman–Crippen MR) is 89.8 cm³/mol. The highest BCUT2D eigenvalue weighted by molar-refractivity contribution is 6.10. The van der Waals surface area contributed by atoms with Crippen LogP contribution in [0.25, 0.3) is 22.2 Å². The van der Waals surface area contributed by atoms with Crippen LogP contribution in [0.4, 0.5) is 0 Å². The van der Waals surface area contributed by atoms with Gasteiger partial charge in [0.2, 0.25) is 0 Å². The SMILES string of the molecule is CC(=O)C(C(C)=O)c1c(-c2ccccn2)oc(=O)c2ccccc12. The van der Waals surface area contributed by atoms with Gasteiger partial charge in [0, 0.05) is 11.8 Å². The molecule has 0 unspecified atom stereocenters. The van der Waals surface area contributed by atoms with Crippen LogP contribution < -0.4 is 5.63 Å². The number of pyridine rings is 1. The third-order valence-corrected chi connectivity index (χ3v) is 3.88. The van der Waals surface area contributed by atoms with E-state index in [-0.39, 0.29) is 17.3 Å². The fourth-order valence-electron chi connectivity index (χ4n) is 2.89. The molecule has 3 rings (SSSR count). The molecule has 0 aliphatic rings. The van der Waals surface area contributed by atoms with Crippen LogP contribution in [-0.4, -0.2) is 16.6 Å². The lowest BCUT2D eigenvalue weighted by atomic mass is 9.87. The van der Waals surface area contributed by atoms with Crippen molar-refractivity contribution in [3.8, 4) is 11.5 Å². The van der Waals surface area contributed by atoms with Gasteiger partial charge >= 0.3 is 5.63 Å². The lowest BCUT2D eigenvalue weighted by Gasteiger charge is -2.16. The highest BCUT2D eigenvalue weighted by atomic mass is 16.4. The summed E-state index contributed by atoms with van der Waals surface area (Å²) in [6.45, 7) is 2.71. The number of fused-ring (bicyclic) bond motifs is 1. The lowest BCUT2D eigenvalue weighted by Crippen LogP contribution is -2.20. The average Bonchev–Trinajstić information content (AvgIpc) is 2.57. The third kappa shape index (κ3) is 2.65. The van der Waals surface area contributed by atoms with Gasteiger partial charge in [-0.3, -0.25) is 14.6 Å². The second kappa shape index (κ2) is 6.20. The molecule has 2 aromatic heterocycles. The van der Waals surface area contributed by atoms with Crippen LogP contribution in [0.2, 0.25) is 0 Å². The van der Waals surface area contributed by atoms with E-state index in [0.717, 1.165) is 0 Å². The fourth-order valence-corrected chi connectivity index (χ4v) is 2.89. The van der Waals surface area contributed by atoms with Gasteiger partial charge in [0.25, 0.3) is 0 Å². The van der Waals surface area contributed by atoms with E-state index in [2.05, 4.69) is 4.98 Å². The summed E-state index contributed by atoms with van der Waals surface area (Å²) in [6.07, 6.45) is 1.56. The van der Waals surface area contributed by atoms with Crippen molar-refractivity contribution >= 4 is 22.3 Å². The lowest BCUT2D eigenvalue weighted by molar-refractivity contribution is -0.126. The molecule has 0 atom stereocenters. The highest BCUT2D eigenvalue weighted by Gasteiger charge is 2.30. The van der Waals surface area contributed by atoms with Crippen LogP contribution in [0.3, 0.4) is 0 Å². The number of nitrogens with zero attached hydrogens (tertiary/aromatic N) is 1. The maximum absolute atomic E-state index is 12.3. The first-order valence-corrected chi connectivity index (χ1v) is 7.48. The summed E-state index contributed by atoms with van der Waals surface area (Å²) in [4.78, 5) is 40.8. The van der Waals surface area contributed by atoms with Crippen molar-refractivity contribution in [2.75, 3.05) is 0 Å². The molecule has 2 heterocycles. The molecule has 0 radical (unpaired) electrons. The first kappa shape index (κ1) is 15.8. The Bertz CT molecular complexity index is 975. The average molecular weight is 321 g/mol. The molecule has 120 valence electrons. The van der Waals surface area contributed by atoms with E-state index in [1.807, 2.05) is 0 Å². The van der Waals surface area contributed by atoms with Crippen LogP contribution in [0.5, 0.6) is 0 Å². The van der Waals surface area contributed by atoms with E-state index in [9.17, 15) is 14.4 Å². The summed E-state index contributed by atoms with van der Waals surface area (Å²) in [7, 11) is 0. The van der Waals surface area contributed by atoms with E-state index in [1.54, 1.807) is 48.7 Å². The molecule has 3 aromatic rings. The molecule has 0 N–H and O–H groups in total. The quantitative estimate of drug-likeness (QED) is 0.690. The first-order valence-electron chi connectivity index (χ1n) is 7.48. The number of benzene rings is 1. The van der Waals surface area contributed by atoms with Gasteiger partial charge in [-0.2, -0.15) is 0 Å². The number of hydrogen-bond donors (Lipinski definition) is 0. The monoisotopic (exact) mass is 321 g/mol. The molecular weight excluding hydrogens is 306 g/mol. The Balaban J connectivity index is 2.48. The van der Waals surface area contributed by atoms with Gasteiger partial charge in [-0.1, -0.05) is 24.3 Å². The minimum atomic E-state index is -1.00. The number of carbonyl (C=O) groups excluding carboxylic acids is 2. The zero-order valence-corrected chi connectivity index (χ0v) is 13.3. The molecule has 0 saturated heterocycles. The van der Waals surface area contributed by atoms with Crippen molar-refractivity contribution in [2.24, 2.45) is 0 Å². The molecule has 1 aromatic carbocycles. The molecule has 5 nitrogen and oxygen atoms in total. The number of hydrogen-bond acceptors (Lipinski definition) is 5. The van der Waals surface area contributed by atoms with Gasteiger partial charge in [-0.25, -0.2) is 4.79 Å². The zero-order chi connectivity index (χ0) is 17.3. The van der Waals surface area contributed by atoms with Gasteiger partial charge in [0.1, 0.15) is 23.2 Å². The van der Waals surface area contributed by atoms with Gasteiger partial charge < -0.3 is 4.42 Å². The molecule has 24 heavy (non-hydrogen) atoms. The molecule has 0 aliphatic carbocycles. The van der Waals surface area contributed by atoms with Crippen LogP contribution >= 0.6 is 0 Å². The van der Waals surface area contributed by atoms with E-state index >= 15 is 0 Å². The minimum Gasteiger partial charge on any atom is -0.420 e. The van der Waals surface area contributed by atoms with E-state index < -0.39 is 11.5 Å². The smallest absolute Gasteiger partial charge is 0.344 e. The zero-order valence-electron chi connectivity index (χ0n) is 13.3. The Morgan fingerprint density at radius 3 is 2.17 bits per heavy atom. The van der Waals surface area contributed by atoms with Gasteiger partial charge in [0.05, 0.1) is 5.39 Å². The van der Waals surface area contributed by atoms with Crippen LogP contribution in [0, 0.1) is 0 Å². The topological polar surface area (TPSA) is 77.2 Å². The molecule has 0 amide bonds. The maximum Gasteiger partial charge on any atom is 0.344 e. The second-order valence-corrected chi connectivity index (χ2v) is 5.55. The second-order valence-electron chi connectivity index (χ2n) is 5.55. The van der Waals surface area contributed by atoms with Gasteiger partial charge in [-0.15, -0.1) is 0 Å². The normalized spacial score (nSPS) is 11.0. The van der Waals surface area contributed by atoms with Gasteiger partial charge in [-0.05, 0) is 37.4 Å². The minimum absolute atomic E-state index is 0.162. The third-order valence-electron chi connectivity index (χ3n) is 3.88. The number of ketones is 2. The Morgan fingerprint density at radius 1 is 0.958 bits per heavy atom. The Labute approximate surface area is 138 Å². The van der Waals surface area contributed by atoms with Gasteiger partial charge in [0.15, 0.2) is 5.76 Å². The van der Waals surface area contributed by atoms with Crippen molar-refractivity contribution < 1.29 is 14.0 Å². The first-order chi connectivity index (χ1) is 11.5. The molecule has 0 aliphatic heterocycles. The molecule has 0 fully saturated rings. The van der Waals surface area contributed by atoms with Crippen molar-refractivity contribution in [2.45, 2.75) is 19.8 Å². The summed E-state index contributed by atoms with van der Waals surface area (Å²) < 4.78 is 5.47. The summed E-state index contributed by atoms with van der Waals surface area (Å²) >= 11 is 0. The molecular formula is C19H15NO4. The standard InChI is InChI=1S/C19H15NO4/c1-11(21)16(12(2)22)17-13-7-3-4-8-14(13)19(23)24-18(17)15-9-5-6-10-20-15/h3-10,16H,1-2H3. The van der Waals surface area contributed by atoms with Crippen molar-refractivity contribution in [1.82, 2.24) is 4.98 Å². The molecule has 0 bridgehead atoms. The predicted octanol–water partition coefficient (Wildman–Crippen LogP) is 3.12. The number of carbonyl (C=O) groups is 2. The molecule has 5 heteroatoms. The van der Waals surface area contributed by atoms with E-state index in [0.29, 0.717) is 22.0 Å². The van der Waals surface area contributed by atoms with E-state index in [1.165, 1.54) is 13.8 Å². The number of Topliss-reactive ketones (excluding diaryl/α,β-unsaturated/α-hetero) is 2. The van der Waals surface area contributed by atoms with Crippen LogP contribution in [0.1, 0.15) is 25.3 Å². The highest BCUT2D eigenvalue weighted by Crippen LogP contribution is 2.34. The van der Waals surface area contributed by atoms with Crippen LogP contribution in [0.15, 0.2) is 57.9 Å². The van der Waals surface area contributed by atoms with Crippen molar-refractivity contribution in [3.63, 3.8) is 0 Å². The number of aromatic nitrogens is 1. The maximum atomic E-state index is 12.3. The summed E-state index contributed by atoms with van der Waals surface area (Å²) in [5.74, 6) is -1.46. The molecule has 0 spiro atoms. The largest absolute Gasteiger partial charge is 0.420 e. The molecule has 0 saturated carbocycles. The van der Waals surface area contributed by atoms with Crippen molar-refractivity contribution in [1.29, 1.82) is 0 Å². The Morgan fingerprint density at radius 2 is 1.58 bits per heavy atom.